The van der Waals surface area contributed by atoms with E-state index in [4.69, 9.17) is 10.00 Å². The number of thiophene rings is 1. The number of nitrogens with one attached hydrogen (secondary N) is 2. The second-order valence-corrected chi connectivity index (χ2v) is 7.44. The molecule has 1 aliphatic carbocycles. The van der Waals surface area contributed by atoms with Crippen molar-refractivity contribution in [1.82, 2.24) is 10.9 Å². The van der Waals surface area contributed by atoms with E-state index in [-0.39, 0.29) is 12.5 Å². The summed E-state index contributed by atoms with van der Waals surface area (Å²) in [6.07, 6.45) is 3.15. The van der Waals surface area contributed by atoms with E-state index >= 15 is 0 Å². The van der Waals surface area contributed by atoms with Crippen LogP contribution >= 0.6 is 11.3 Å². The molecular weight excluding hydrogens is 350 g/mol. The molecule has 1 unspecified atom stereocenters. The Balaban J connectivity index is 1.50. The highest BCUT2D eigenvalue weighted by molar-refractivity contribution is 7.14. The number of carbonyl (C=O) groups excluding carboxylic acids is 2. The highest BCUT2D eigenvalue weighted by atomic mass is 32.1. The summed E-state index contributed by atoms with van der Waals surface area (Å²) in [7, 11) is 0. The van der Waals surface area contributed by atoms with E-state index in [1.165, 1.54) is 21.8 Å². The molecule has 0 aliphatic heterocycles. The lowest BCUT2D eigenvalue weighted by molar-refractivity contribution is -0.123. The Labute approximate surface area is 155 Å². The maximum Gasteiger partial charge on any atom is 0.279 e. The summed E-state index contributed by atoms with van der Waals surface area (Å²) in [6, 6.07) is 10.6. The molecule has 2 aromatic rings. The maximum atomic E-state index is 12.2. The molecule has 1 aliphatic rings. The number of amides is 2. The highest BCUT2D eigenvalue weighted by Crippen LogP contribution is 2.32. The van der Waals surface area contributed by atoms with Gasteiger partial charge in [-0.1, -0.05) is 19.1 Å². The minimum absolute atomic E-state index is 0.294. The van der Waals surface area contributed by atoms with Crippen LogP contribution in [0.25, 0.3) is 0 Å². The molecule has 0 saturated carbocycles. The van der Waals surface area contributed by atoms with E-state index < -0.39 is 5.91 Å². The van der Waals surface area contributed by atoms with Crippen molar-refractivity contribution in [3.8, 4) is 11.8 Å². The Morgan fingerprint density at radius 2 is 2.15 bits per heavy atom. The number of ether oxygens (including phenoxy) is 1. The Hall–Kier alpha value is -2.85. The fourth-order valence-corrected chi connectivity index (χ4v) is 3.97. The van der Waals surface area contributed by atoms with Crippen molar-refractivity contribution in [1.29, 1.82) is 5.26 Å². The Morgan fingerprint density at radius 1 is 1.35 bits per heavy atom. The predicted molar refractivity (Wildman–Crippen MR) is 97.8 cm³/mol. The minimum Gasteiger partial charge on any atom is -0.482 e. The molecule has 2 N–H and O–H groups in total. The van der Waals surface area contributed by atoms with Crippen molar-refractivity contribution < 1.29 is 14.3 Å². The van der Waals surface area contributed by atoms with Crippen molar-refractivity contribution >= 4 is 23.2 Å². The molecule has 6 nitrogen and oxygen atoms in total. The quantitative estimate of drug-likeness (QED) is 0.811. The van der Waals surface area contributed by atoms with Gasteiger partial charge < -0.3 is 4.74 Å². The zero-order chi connectivity index (χ0) is 18.5. The van der Waals surface area contributed by atoms with Crippen LogP contribution in [0.2, 0.25) is 0 Å². The van der Waals surface area contributed by atoms with Gasteiger partial charge >= 0.3 is 0 Å². The maximum absolute atomic E-state index is 12.2. The number of hydrogen-bond acceptors (Lipinski definition) is 5. The monoisotopic (exact) mass is 369 g/mol. The van der Waals surface area contributed by atoms with Crippen LogP contribution in [0.3, 0.4) is 0 Å². The van der Waals surface area contributed by atoms with Crippen LogP contribution in [-0.4, -0.2) is 18.4 Å². The van der Waals surface area contributed by atoms with Crippen LogP contribution < -0.4 is 15.6 Å². The molecule has 7 heteroatoms. The summed E-state index contributed by atoms with van der Waals surface area (Å²) in [5, 5.41) is 8.99. The Bertz CT molecular complexity index is 869. The Kier molecular flexibility index (Phi) is 5.54. The van der Waals surface area contributed by atoms with Crippen LogP contribution in [0.15, 0.2) is 30.3 Å². The second kappa shape index (κ2) is 8.02. The average Bonchev–Trinajstić information content (AvgIpc) is 3.07. The molecule has 134 valence electrons. The van der Waals surface area contributed by atoms with Gasteiger partial charge in [-0.05, 0) is 48.9 Å². The molecule has 0 fully saturated rings. The number of hydrazine groups is 1. The molecular formula is C19H19N3O3S. The highest BCUT2D eigenvalue weighted by Gasteiger charge is 2.20. The fourth-order valence-electron chi connectivity index (χ4n) is 2.87. The van der Waals surface area contributed by atoms with E-state index in [2.05, 4.69) is 17.8 Å². The number of aryl methyl sites for hydroxylation is 1. The molecule has 0 radical (unpaired) electrons. The number of rotatable bonds is 4. The van der Waals surface area contributed by atoms with E-state index in [0.29, 0.717) is 22.1 Å². The summed E-state index contributed by atoms with van der Waals surface area (Å²) in [5.41, 5.74) is 6.34. The van der Waals surface area contributed by atoms with Crippen molar-refractivity contribution in [2.45, 2.75) is 26.2 Å². The second-order valence-electron chi connectivity index (χ2n) is 6.31. The van der Waals surface area contributed by atoms with Crippen LogP contribution in [0.4, 0.5) is 0 Å². The molecule has 2 amide bonds. The SMILES string of the molecule is CC1CCc2sc(C(=O)NNC(=O)COc3ccccc3C#N)cc2C1. The predicted octanol–water partition coefficient (Wildman–Crippen LogP) is 2.58. The molecule has 1 atom stereocenters. The third kappa shape index (κ3) is 4.21. The first-order chi connectivity index (χ1) is 12.6. The molecule has 1 aromatic carbocycles. The van der Waals surface area contributed by atoms with E-state index in [1.54, 1.807) is 24.3 Å². The lowest BCUT2D eigenvalue weighted by Gasteiger charge is -2.16. The first-order valence-corrected chi connectivity index (χ1v) is 9.21. The smallest absolute Gasteiger partial charge is 0.279 e. The van der Waals surface area contributed by atoms with E-state index in [9.17, 15) is 9.59 Å². The van der Waals surface area contributed by atoms with Gasteiger partial charge in [0.2, 0.25) is 0 Å². The first kappa shape index (κ1) is 18.0. The van der Waals surface area contributed by atoms with Crippen molar-refractivity contribution in [2.24, 2.45) is 5.92 Å². The van der Waals surface area contributed by atoms with Gasteiger partial charge in [-0.25, -0.2) is 0 Å². The van der Waals surface area contributed by atoms with Crippen molar-refractivity contribution in [2.75, 3.05) is 6.61 Å². The van der Waals surface area contributed by atoms with Gasteiger partial charge in [-0.15, -0.1) is 11.3 Å². The van der Waals surface area contributed by atoms with Gasteiger partial charge in [0.05, 0.1) is 10.4 Å². The van der Waals surface area contributed by atoms with Crippen molar-refractivity contribution in [3.63, 3.8) is 0 Å². The number of fused-ring (bicyclic) bond motifs is 1. The molecule has 0 spiro atoms. The third-order valence-corrected chi connectivity index (χ3v) is 5.47. The number of nitriles is 1. The van der Waals surface area contributed by atoms with Gasteiger partial charge in [-0.2, -0.15) is 5.26 Å². The molecule has 3 rings (SSSR count). The van der Waals surface area contributed by atoms with Gasteiger partial charge in [0.25, 0.3) is 11.8 Å². The molecule has 26 heavy (non-hydrogen) atoms. The third-order valence-electron chi connectivity index (χ3n) is 4.23. The zero-order valence-electron chi connectivity index (χ0n) is 14.4. The van der Waals surface area contributed by atoms with Gasteiger partial charge in [0, 0.05) is 4.88 Å². The average molecular weight is 369 g/mol. The summed E-state index contributed by atoms with van der Waals surface area (Å²) >= 11 is 1.48. The Morgan fingerprint density at radius 3 is 2.96 bits per heavy atom. The van der Waals surface area contributed by atoms with Gasteiger partial charge in [0.15, 0.2) is 6.61 Å². The van der Waals surface area contributed by atoms with Crippen LogP contribution in [-0.2, 0) is 17.6 Å². The lowest BCUT2D eigenvalue weighted by atomic mass is 9.90. The summed E-state index contributed by atoms with van der Waals surface area (Å²) in [4.78, 5) is 25.9. The van der Waals surface area contributed by atoms with Crippen LogP contribution in [0.1, 0.15) is 39.0 Å². The molecule has 1 aromatic heterocycles. The number of nitrogens with zero attached hydrogens (tertiary/aromatic N) is 1. The fraction of sp³-hybridized carbons (Fsp3) is 0.316. The van der Waals surface area contributed by atoms with Crippen molar-refractivity contribution in [3.05, 3.63) is 51.2 Å². The van der Waals surface area contributed by atoms with Gasteiger partial charge in [-0.3, -0.25) is 20.4 Å². The van der Waals surface area contributed by atoms with Crippen LogP contribution in [0, 0.1) is 17.2 Å². The molecule has 1 heterocycles. The molecule has 0 bridgehead atoms. The lowest BCUT2D eigenvalue weighted by Crippen LogP contribution is -2.43. The minimum atomic E-state index is -0.499. The molecule has 0 saturated heterocycles. The topological polar surface area (TPSA) is 91.2 Å². The van der Waals surface area contributed by atoms with Gasteiger partial charge in [0.1, 0.15) is 11.8 Å². The standard InChI is InChI=1S/C19H19N3O3S/c1-12-6-7-16-14(8-12)9-17(26-16)19(24)22-21-18(23)11-25-15-5-3-2-4-13(15)10-20/h2-5,9,12H,6-8,11H2,1H3,(H,21,23)(H,22,24). The van der Waals surface area contributed by atoms with E-state index in [1.807, 2.05) is 12.1 Å². The number of benzene rings is 1. The number of hydrogen-bond donors (Lipinski definition) is 2. The first-order valence-electron chi connectivity index (χ1n) is 8.39. The van der Waals surface area contributed by atoms with Crippen LogP contribution in [0.5, 0.6) is 5.75 Å². The summed E-state index contributed by atoms with van der Waals surface area (Å²) < 4.78 is 5.32. The normalized spacial score (nSPS) is 15.5. The largest absolute Gasteiger partial charge is 0.482 e. The number of carbonyl (C=O) groups is 2. The van der Waals surface area contributed by atoms with E-state index in [0.717, 1.165) is 19.3 Å². The number of para-hydroxylation sites is 1. The summed E-state index contributed by atoms with van der Waals surface area (Å²) in [6.45, 7) is 1.92. The summed E-state index contributed by atoms with van der Waals surface area (Å²) in [5.74, 6) is 0.140. The zero-order valence-corrected chi connectivity index (χ0v) is 15.2.